The number of nitrogens with zero attached hydrogens (tertiary/aromatic N) is 1. The molecular weight excluding hydrogens is 452 g/mol. The van der Waals surface area contributed by atoms with E-state index >= 15 is 0 Å². The van der Waals surface area contributed by atoms with Crippen LogP contribution in [0.2, 0.25) is 0 Å². The van der Waals surface area contributed by atoms with E-state index in [-0.39, 0.29) is 28.2 Å². The highest BCUT2D eigenvalue weighted by molar-refractivity contribution is 14.1. The maximum absolute atomic E-state index is 14.7. The second-order valence-corrected chi connectivity index (χ2v) is 5.94. The fourth-order valence-electron chi connectivity index (χ4n) is 2.30. The second-order valence-electron chi connectivity index (χ2n) is 4.78. The van der Waals surface area contributed by atoms with Gasteiger partial charge in [-0.2, -0.15) is 0 Å². The predicted octanol–water partition coefficient (Wildman–Crippen LogP) is 1.52. The number of hydrogen-bond acceptors (Lipinski definition) is 7. The van der Waals surface area contributed by atoms with Gasteiger partial charge in [-0.1, -0.05) is 0 Å². The first-order valence-corrected chi connectivity index (χ1v) is 7.87. The first kappa shape index (κ1) is 19.1. The number of anilines is 1. The van der Waals surface area contributed by atoms with Crippen molar-refractivity contribution in [1.82, 2.24) is 0 Å². The number of ether oxygens (including phenoxy) is 3. The van der Waals surface area contributed by atoms with E-state index in [1.165, 1.54) is 12.1 Å². The minimum atomic E-state index is -1.40. The van der Waals surface area contributed by atoms with Crippen molar-refractivity contribution in [2.45, 2.75) is 0 Å². The van der Waals surface area contributed by atoms with Crippen molar-refractivity contribution in [3.05, 3.63) is 38.4 Å². The molecule has 1 aromatic carbocycles. The summed E-state index contributed by atoms with van der Waals surface area (Å²) in [7, 11) is 2.19. The van der Waals surface area contributed by atoms with E-state index < -0.39 is 35.0 Å². The van der Waals surface area contributed by atoms with Crippen LogP contribution in [0.5, 0.6) is 0 Å². The van der Waals surface area contributed by atoms with Gasteiger partial charge >= 0.3 is 17.9 Å². The molecule has 0 fully saturated rings. The number of carboxylic acid groups (broad SMARTS) is 1. The van der Waals surface area contributed by atoms with Crippen LogP contribution in [0.1, 0.15) is 10.4 Å². The first-order chi connectivity index (χ1) is 11.8. The SMILES string of the molecule is COC(=O)C1=C(C(=O)OC)N(c2c(C(=O)O)ccc(I)c2F)COC1. The summed E-state index contributed by atoms with van der Waals surface area (Å²) >= 11 is 1.69. The molecule has 2 rings (SSSR count). The number of carbonyl (C=O) groups is 3. The number of benzene rings is 1. The van der Waals surface area contributed by atoms with E-state index in [1.807, 2.05) is 0 Å². The van der Waals surface area contributed by atoms with Gasteiger partial charge in [0.05, 0.1) is 41.2 Å². The standard InChI is InChI=1S/C15H13FINO7/c1-23-14(21)8-5-25-6-18(12(8)15(22)24-2)11-7(13(19)20)3-4-9(17)10(11)16/h3-4H,5-6H2,1-2H3,(H,19,20). The minimum Gasteiger partial charge on any atom is -0.478 e. The third kappa shape index (κ3) is 3.58. The highest BCUT2D eigenvalue weighted by atomic mass is 127. The molecule has 134 valence electrons. The van der Waals surface area contributed by atoms with Crippen molar-refractivity contribution >= 4 is 46.2 Å². The summed E-state index contributed by atoms with van der Waals surface area (Å²) in [5.74, 6) is -4.08. The van der Waals surface area contributed by atoms with Crippen LogP contribution in [-0.2, 0) is 23.8 Å². The molecule has 0 aromatic heterocycles. The van der Waals surface area contributed by atoms with E-state index in [0.717, 1.165) is 19.1 Å². The lowest BCUT2D eigenvalue weighted by Gasteiger charge is -2.32. The van der Waals surface area contributed by atoms with Crippen molar-refractivity contribution in [3.8, 4) is 0 Å². The molecule has 0 saturated heterocycles. The zero-order chi connectivity index (χ0) is 18.7. The molecule has 25 heavy (non-hydrogen) atoms. The molecule has 1 N–H and O–H groups in total. The van der Waals surface area contributed by atoms with Crippen LogP contribution in [0.25, 0.3) is 0 Å². The van der Waals surface area contributed by atoms with Crippen LogP contribution in [0.15, 0.2) is 23.4 Å². The monoisotopic (exact) mass is 465 g/mol. The van der Waals surface area contributed by atoms with Gasteiger partial charge in [-0.15, -0.1) is 0 Å². The Hall–Kier alpha value is -2.21. The maximum Gasteiger partial charge on any atom is 0.355 e. The smallest absolute Gasteiger partial charge is 0.355 e. The molecule has 0 unspecified atom stereocenters. The molecule has 0 amide bonds. The highest BCUT2D eigenvalue weighted by Crippen LogP contribution is 2.34. The quantitative estimate of drug-likeness (QED) is 0.528. The Morgan fingerprint density at radius 2 is 1.88 bits per heavy atom. The maximum atomic E-state index is 14.7. The van der Waals surface area contributed by atoms with E-state index in [1.54, 1.807) is 22.6 Å². The fourth-order valence-corrected chi connectivity index (χ4v) is 2.73. The normalized spacial score (nSPS) is 14.3. The number of esters is 2. The lowest BCUT2D eigenvalue weighted by molar-refractivity contribution is -0.140. The number of aromatic carboxylic acids is 1. The van der Waals surface area contributed by atoms with Gasteiger partial charge in [0.1, 0.15) is 12.4 Å². The average Bonchev–Trinajstić information content (AvgIpc) is 2.61. The molecule has 0 radical (unpaired) electrons. The molecule has 8 nitrogen and oxygen atoms in total. The van der Waals surface area contributed by atoms with Crippen molar-refractivity contribution in [3.63, 3.8) is 0 Å². The Kier molecular flexibility index (Phi) is 5.95. The summed E-state index contributed by atoms with van der Waals surface area (Å²) < 4.78 is 29.3. The highest BCUT2D eigenvalue weighted by Gasteiger charge is 2.36. The molecule has 0 atom stereocenters. The Bertz CT molecular complexity index is 777. The van der Waals surface area contributed by atoms with E-state index in [9.17, 15) is 23.9 Å². The summed E-state index contributed by atoms with van der Waals surface area (Å²) in [5, 5.41) is 9.35. The van der Waals surface area contributed by atoms with Gasteiger partial charge in [-0.3, -0.25) is 0 Å². The number of rotatable bonds is 4. The zero-order valence-corrected chi connectivity index (χ0v) is 15.3. The molecule has 1 aliphatic rings. The van der Waals surface area contributed by atoms with E-state index in [2.05, 4.69) is 9.47 Å². The summed E-state index contributed by atoms with van der Waals surface area (Å²) in [4.78, 5) is 36.6. The van der Waals surface area contributed by atoms with Gasteiger partial charge < -0.3 is 24.2 Å². The van der Waals surface area contributed by atoms with Crippen molar-refractivity contribution in [1.29, 1.82) is 0 Å². The number of carbonyl (C=O) groups excluding carboxylic acids is 2. The largest absolute Gasteiger partial charge is 0.478 e. The first-order valence-electron chi connectivity index (χ1n) is 6.79. The zero-order valence-electron chi connectivity index (χ0n) is 13.2. The lowest BCUT2D eigenvalue weighted by atomic mass is 10.1. The summed E-state index contributed by atoms with van der Waals surface area (Å²) in [6.07, 6.45) is 0. The van der Waals surface area contributed by atoms with Crippen molar-refractivity contribution in [2.24, 2.45) is 0 Å². The Morgan fingerprint density at radius 3 is 2.44 bits per heavy atom. The molecular formula is C15H13FINO7. The molecule has 0 bridgehead atoms. The topological polar surface area (TPSA) is 102 Å². The van der Waals surface area contributed by atoms with Crippen LogP contribution >= 0.6 is 22.6 Å². The van der Waals surface area contributed by atoms with E-state index in [0.29, 0.717) is 0 Å². The Morgan fingerprint density at radius 1 is 1.24 bits per heavy atom. The Labute approximate surface area is 155 Å². The van der Waals surface area contributed by atoms with Crippen LogP contribution in [0, 0.1) is 9.39 Å². The summed E-state index contributed by atoms with van der Waals surface area (Å²) in [6, 6.07) is 2.49. The van der Waals surface area contributed by atoms with Gasteiger partial charge in [0.15, 0.2) is 5.82 Å². The van der Waals surface area contributed by atoms with Crippen LogP contribution in [0.3, 0.4) is 0 Å². The van der Waals surface area contributed by atoms with Gasteiger partial charge in [-0.25, -0.2) is 18.8 Å². The average molecular weight is 465 g/mol. The number of halogens is 2. The third-order valence-electron chi connectivity index (χ3n) is 3.40. The van der Waals surface area contributed by atoms with Gasteiger partial charge in [0.25, 0.3) is 0 Å². The number of carboxylic acids is 1. The molecule has 0 saturated carbocycles. The molecule has 1 heterocycles. The molecule has 1 aliphatic heterocycles. The fraction of sp³-hybridized carbons (Fsp3) is 0.267. The Balaban J connectivity index is 2.76. The summed E-state index contributed by atoms with van der Waals surface area (Å²) in [6.45, 7) is -0.607. The van der Waals surface area contributed by atoms with Gasteiger partial charge in [-0.05, 0) is 34.7 Å². The molecule has 10 heteroatoms. The lowest BCUT2D eigenvalue weighted by Crippen LogP contribution is -2.40. The molecule has 0 spiro atoms. The molecule has 0 aliphatic carbocycles. The second kappa shape index (κ2) is 7.78. The minimum absolute atomic E-state index is 0.131. The van der Waals surface area contributed by atoms with Gasteiger partial charge in [0.2, 0.25) is 0 Å². The number of hydrogen-bond donors (Lipinski definition) is 1. The van der Waals surface area contributed by atoms with Crippen LogP contribution in [0.4, 0.5) is 10.1 Å². The van der Waals surface area contributed by atoms with Crippen molar-refractivity contribution in [2.75, 3.05) is 32.5 Å². The van der Waals surface area contributed by atoms with E-state index in [4.69, 9.17) is 4.74 Å². The van der Waals surface area contributed by atoms with Gasteiger partial charge in [0, 0.05) is 0 Å². The third-order valence-corrected chi connectivity index (χ3v) is 4.24. The predicted molar refractivity (Wildman–Crippen MR) is 90.4 cm³/mol. The van der Waals surface area contributed by atoms with Crippen LogP contribution in [-0.4, -0.2) is 50.6 Å². The number of methoxy groups -OCH3 is 2. The van der Waals surface area contributed by atoms with Crippen molar-refractivity contribution < 1.29 is 38.1 Å². The summed E-state index contributed by atoms with van der Waals surface area (Å²) in [5.41, 5.74) is -1.32. The molecule has 1 aromatic rings. The van der Waals surface area contributed by atoms with Crippen LogP contribution < -0.4 is 4.90 Å².